The largest absolute Gasteiger partial charge is 0.394 e. The van der Waals surface area contributed by atoms with Crippen LogP contribution in [-0.2, 0) is 0 Å². The summed E-state index contributed by atoms with van der Waals surface area (Å²) in [5.74, 6) is -0.706. The first-order chi connectivity index (χ1) is 9.74. The smallest absolute Gasteiger partial charge is 0.262 e. The van der Waals surface area contributed by atoms with Crippen LogP contribution in [0.2, 0.25) is 0 Å². The second-order valence-electron chi connectivity index (χ2n) is 4.63. The number of aliphatic hydroxyl groups excluding tert-OH is 1. The molecule has 0 aromatic heterocycles. The Labute approximate surface area is 116 Å². The Balaban J connectivity index is 2.03. The lowest BCUT2D eigenvalue weighted by Crippen LogP contribution is -2.36. The van der Waals surface area contributed by atoms with E-state index in [2.05, 4.69) is 0 Å². The number of nitrogens with zero attached hydrogens (tertiary/aromatic N) is 1. The van der Waals surface area contributed by atoms with Crippen molar-refractivity contribution in [2.24, 2.45) is 0 Å². The highest BCUT2D eigenvalue weighted by atomic mass is 16.3. The average Bonchev–Trinajstić information content (AvgIpc) is 2.75. The Morgan fingerprint density at radius 2 is 1.35 bits per heavy atom. The van der Waals surface area contributed by atoms with Gasteiger partial charge in [-0.15, -0.1) is 0 Å². The van der Waals surface area contributed by atoms with Gasteiger partial charge in [-0.05, 0) is 17.7 Å². The maximum atomic E-state index is 12.4. The SMILES string of the molecule is O=C1c2ccccc2C(=O)N1[C@H](CO)c1ccccc1. The van der Waals surface area contributed by atoms with Gasteiger partial charge in [-0.2, -0.15) is 0 Å². The average molecular weight is 267 g/mol. The van der Waals surface area contributed by atoms with Gasteiger partial charge < -0.3 is 5.11 Å². The van der Waals surface area contributed by atoms with E-state index < -0.39 is 6.04 Å². The van der Waals surface area contributed by atoms with Gasteiger partial charge >= 0.3 is 0 Å². The molecule has 0 fully saturated rings. The molecule has 1 N–H and O–H groups in total. The van der Waals surface area contributed by atoms with Crippen molar-refractivity contribution in [2.75, 3.05) is 6.61 Å². The highest BCUT2D eigenvalue weighted by molar-refractivity contribution is 6.21. The highest BCUT2D eigenvalue weighted by Crippen LogP contribution is 2.30. The molecule has 20 heavy (non-hydrogen) atoms. The van der Waals surface area contributed by atoms with E-state index >= 15 is 0 Å². The minimum Gasteiger partial charge on any atom is -0.394 e. The summed E-state index contributed by atoms with van der Waals surface area (Å²) in [6.45, 7) is -0.296. The zero-order chi connectivity index (χ0) is 14.1. The monoisotopic (exact) mass is 267 g/mol. The number of amides is 2. The first-order valence-corrected chi connectivity index (χ1v) is 6.36. The van der Waals surface area contributed by atoms with Crippen LogP contribution >= 0.6 is 0 Å². The van der Waals surface area contributed by atoms with E-state index in [1.165, 1.54) is 0 Å². The van der Waals surface area contributed by atoms with Crippen LogP contribution < -0.4 is 0 Å². The summed E-state index contributed by atoms with van der Waals surface area (Å²) < 4.78 is 0. The van der Waals surface area contributed by atoms with E-state index in [-0.39, 0.29) is 18.4 Å². The zero-order valence-electron chi connectivity index (χ0n) is 10.7. The lowest BCUT2D eigenvalue weighted by molar-refractivity contribution is 0.0514. The van der Waals surface area contributed by atoms with Gasteiger partial charge in [0, 0.05) is 0 Å². The van der Waals surface area contributed by atoms with E-state index in [0.29, 0.717) is 11.1 Å². The minimum atomic E-state index is -0.649. The van der Waals surface area contributed by atoms with E-state index in [1.54, 1.807) is 36.4 Å². The van der Waals surface area contributed by atoms with Crippen molar-refractivity contribution < 1.29 is 14.7 Å². The summed E-state index contributed by atoms with van der Waals surface area (Å²) in [5.41, 5.74) is 1.53. The van der Waals surface area contributed by atoms with Gasteiger partial charge in [0.25, 0.3) is 11.8 Å². The lowest BCUT2D eigenvalue weighted by Gasteiger charge is -2.24. The molecule has 1 aliphatic rings. The molecule has 0 saturated carbocycles. The molecule has 2 aromatic carbocycles. The highest BCUT2D eigenvalue weighted by Gasteiger charge is 2.39. The number of benzene rings is 2. The molecule has 100 valence electrons. The molecule has 1 atom stereocenters. The van der Waals surface area contributed by atoms with Crippen LogP contribution in [0, 0.1) is 0 Å². The fraction of sp³-hybridized carbons (Fsp3) is 0.125. The predicted octanol–water partition coefficient (Wildman–Crippen LogP) is 2.02. The third kappa shape index (κ3) is 1.82. The second kappa shape index (κ2) is 4.90. The van der Waals surface area contributed by atoms with E-state index in [4.69, 9.17) is 0 Å². The minimum absolute atomic E-state index is 0.296. The van der Waals surface area contributed by atoms with Crippen LogP contribution in [0.15, 0.2) is 54.6 Å². The van der Waals surface area contributed by atoms with Gasteiger partial charge in [-0.1, -0.05) is 42.5 Å². The molecule has 0 unspecified atom stereocenters. The fourth-order valence-corrected chi connectivity index (χ4v) is 2.50. The first kappa shape index (κ1) is 12.6. The number of hydrogen-bond acceptors (Lipinski definition) is 3. The molecule has 0 radical (unpaired) electrons. The Hall–Kier alpha value is -2.46. The molecule has 0 saturated heterocycles. The molecule has 0 spiro atoms. The first-order valence-electron chi connectivity index (χ1n) is 6.36. The number of hydrogen-bond donors (Lipinski definition) is 1. The van der Waals surface area contributed by atoms with E-state index in [0.717, 1.165) is 10.5 Å². The number of carbonyl (C=O) groups is 2. The molecule has 0 aliphatic carbocycles. The summed E-state index contributed by atoms with van der Waals surface area (Å²) in [4.78, 5) is 25.9. The normalized spacial score (nSPS) is 15.3. The maximum Gasteiger partial charge on any atom is 0.262 e. The number of aliphatic hydroxyl groups is 1. The molecule has 4 heteroatoms. The maximum absolute atomic E-state index is 12.4. The second-order valence-corrected chi connectivity index (χ2v) is 4.63. The third-order valence-electron chi connectivity index (χ3n) is 3.49. The Morgan fingerprint density at radius 3 is 1.85 bits per heavy atom. The Bertz CT molecular complexity index is 631. The number of fused-ring (bicyclic) bond motifs is 1. The van der Waals surface area contributed by atoms with Gasteiger partial charge in [0.1, 0.15) is 0 Å². The van der Waals surface area contributed by atoms with Crippen molar-refractivity contribution in [3.05, 3.63) is 71.3 Å². The van der Waals surface area contributed by atoms with Crippen LogP contribution in [0.5, 0.6) is 0 Å². The molecule has 3 rings (SSSR count). The zero-order valence-corrected chi connectivity index (χ0v) is 10.7. The van der Waals surface area contributed by atoms with Gasteiger partial charge in [-0.3, -0.25) is 14.5 Å². The summed E-state index contributed by atoms with van der Waals surface area (Å²) in [6.07, 6.45) is 0. The van der Waals surface area contributed by atoms with Crippen LogP contribution in [0.3, 0.4) is 0 Å². The number of imide groups is 1. The van der Waals surface area contributed by atoms with Gasteiger partial charge in [0.05, 0.1) is 23.8 Å². The molecule has 1 heterocycles. The predicted molar refractivity (Wildman–Crippen MR) is 73.2 cm³/mol. The van der Waals surface area contributed by atoms with Crippen molar-refractivity contribution in [2.45, 2.75) is 6.04 Å². The van der Waals surface area contributed by atoms with Crippen molar-refractivity contribution >= 4 is 11.8 Å². The Morgan fingerprint density at radius 1 is 0.850 bits per heavy atom. The topological polar surface area (TPSA) is 57.6 Å². The van der Waals surface area contributed by atoms with Crippen molar-refractivity contribution in [1.29, 1.82) is 0 Å². The number of rotatable bonds is 3. The molecular weight excluding hydrogens is 254 g/mol. The fourth-order valence-electron chi connectivity index (χ4n) is 2.50. The van der Waals surface area contributed by atoms with E-state index in [1.807, 2.05) is 18.2 Å². The van der Waals surface area contributed by atoms with E-state index in [9.17, 15) is 14.7 Å². The van der Waals surface area contributed by atoms with Gasteiger partial charge in [-0.25, -0.2) is 0 Å². The van der Waals surface area contributed by atoms with Crippen LogP contribution in [0.25, 0.3) is 0 Å². The quantitative estimate of drug-likeness (QED) is 0.865. The van der Waals surface area contributed by atoms with Crippen molar-refractivity contribution in [3.63, 3.8) is 0 Å². The summed E-state index contributed by atoms with van der Waals surface area (Å²) >= 11 is 0. The van der Waals surface area contributed by atoms with Gasteiger partial charge in [0.2, 0.25) is 0 Å². The molecular formula is C16H13NO3. The van der Waals surface area contributed by atoms with Crippen molar-refractivity contribution in [3.8, 4) is 0 Å². The molecule has 2 aromatic rings. The summed E-state index contributed by atoms with van der Waals surface area (Å²) in [7, 11) is 0. The van der Waals surface area contributed by atoms with Crippen LogP contribution in [0.1, 0.15) is 32.3 Å². The number of carbonyl (C=O) groups excluding carboxylic acids is 2. The van der Waals surface area contributed by atoms with Crippen LogP contribution in [0.4, 0.5) is 0 Å². The summed E-state index contributed by atoms with van der Waals surface area (Å²) in [5, 5.41) is 9.61. The van der Waals surface area contributed by atoms with Crippen LogP contribution in [-0.4, -0.2) is 28.4 Å². The molecule has 0 bridgehead atoms. The molecule has 4 nitrogen and oxygen atoms in total. The van der Waals surface area contributed by atoms with Crippen molar-refractivity contribution in [1.82, 2.24) is 4.90 Å². The molecule has 2 amide bonds. The third-order valence-corrected chi connectivity index (χ3v) is 3.49. The standard InChI is InChI=1S/C16H13NO3/c18-10-14(11-6-2-1-3-7-11)17-15(19)12-8-4-5-9-13(12)16(17)20/h1-9,14,18H,10H2/t14-/m1/s1. The summed E-state index contributed by atoms with van der Waals surface area (Å²) in [6, 6.07) is 15.1. The van der Waals surface area contributed by atoms with Gasteiger partial charge in [0.15, 0.2) is 0 Å². The Kier molecular flexibility index (Phi) is 3.08. The molecule has 1 aliphatic heterocycles. The lowest BCUT2D eigenvalue weighted by atomic mass is 10.1.